The Balaban J connectivity index is 1.63. The molecule has 1 aromatic heterocycles. The highest BCUT2D eigenvalue weighted by Crippen LogP contribution is 2.51. The Labute approximate surface area is 195 Å². The van der Waals surface area contributed by atoms with Crippen molar-refractivity contribution in [2.75, 3.05) is 19.8 Å². The van der Waals surface area contributed by atoms with Gasteiger partial charge in [-0.05, 0) is 38.3 Å². The van der Waals surface area contributed by atoms with E-state index < -0.39 is 11.5 Å². The first-order chi connectivity index (χ1) is 16.1. The Kier molecular flexibility index (Phi) is 6.27. The lowest BCUT2D eigenvalue weighted by Gasteiger charge is -2.63. The van der Waals surface area contributed by atoms with Crippen LogP contribution in [0.25, 0.3) is 11.0 Å². The highest BCUT2D eigenvalue weighted by atomic mass is 16.5. The molecule has 5 rings (SSSR count). The summed E-state index contributed by atoms with van der Waals surface area (Å²) in [7, 11) is 0. The normalized spacial score (nSPS) is 28.7. The molecular weight excluding hydrogens is 418 g/mol. The fraction of sp³-hybridized carbons (Fsp3) is 0.654. The van der Waals surface area contributed by atoms with Crippen molar-refractivity contribution in [2.45, 2.75) is 88.9 Å². The van der Waals surface area contributed by atoms with Crippen molar-refractivity contribution >= 4 is 17.0 Å². The van der Waals surface area contributed by atoms with Gasteiger partial charge in [0.25, 0.3) is 5.56 Å². The van der Waals surface area contributed by atoms with E-state index in [1.807, 2.05) is 28.8 Å². The van der Waals surface area contributed by atoms with E-state index in [2.05, 4.69) is 16.8 Å². The Morgan fingerprint density at radius 2 is 1.88 bits per heavy atom. The van der Waals surface area contributed by atoms with Crippen molar-refractivity contribution in [3.8, 4) is 0 Å². The molecule has 0 bridgehead atoms. The number of fused-ring (bicyclic) bond motifs is 2. The molecule has 0 radical (unpaired) electrons. The molecule has 7 nitrogen and oxygen atoms in total. The number of carbonyl (C=O) groups excluding carboxylic acids is 1. The van der Waals surface area contributed by atoms with E-state index in [4.69, 9.17) is 9.47 Å². The molecule has 0 amide bonds. The van der Waals surface area contributed by atoms with Crippen LogP contribution in [0.4, 0.5) is 0 Å². The average Bonchev–Trinajstić information content (AvgIpc) is 3.14. The van der Waals surface area contributed by atoms with Crippen LogP contribution in [0.5, 0.6) is 0 Å². The van der Waals surface area contributed by atoms with Crippen LogP contribution in [0.2, 0.25) is 0 Å². The number of hydrogen-bond donors (Lipinski definition) is 0. The number of esters is 1. The number of carbonyl (C=O) groups is 1. The van der Waals surface area contributed by atoms with Gasteiger partial charge < -0.3 is 9.47 Å². The molecule has 3 aliphatic rings. The van der Waals surface area contributed by atoms with Crippen LogP contribution < -0.4 is 5.56 Å². The average molecular weight is 454 g/mol. The number of aromatic nitrogens is 2. The van der Waals surface area contributed by atoms with Crippen molar-refractivity contribution in [3.63, 3.8) is 0 Å². The van der Waals surface area contributed by atoms with E-state index in [0.717, 1.165) is 11.9 Å². The van der Waals surface area contributed by atoms with E-state index in [9.17, 15) is 9.59 Å². The third kappa shape index (κ3) is 3.51. The molecule has 178 valence electrons. The van der Waals surface area contributed by atoms with Gasteiger partial charge >= 0.3 is 5.97 Å². The molecule has 1 aromatic carbocycles. The fourth-order valence-corrected chi connectivity index (χ4v) is 6.68. The van der Waals surface area contributed by atoms with Gasteiger partial charge in [0, 0.05) is 12.1 Å². The van der Waals surface area contributed by atoms with Crippen LogP contribution in [-0.4, -0.2) is 58.4 Å². The van der Waals surface area contributed by atoms with E-state index in [-0.39, 0.29) is 29.9 Å². The number of nitrogens with zero attached hydrogens (tertiary/aromatic N) is 3. The van der Waals surface area contributed by atoms with Crippen LogP contribution in [-0.2, 0) is 15.0 Å². The van der Waals surface area contributed by atoms with E-state index in [1.165, 1.54) is 44.9 Å². The number of ether oxygens (including phenoxy) is 2. The Hall–Kier alpha value is -2.25. The molecule has 3 atom stereocenters. The van der Waals surface area contributed by atoms with Gasteiger partial charge in [0.1, 0.15) is 5.54 Å². The van der Waals surface area contributed by atoms with Crippen LogP contribution in [0.3, 0.4) is 0 Å². The molecule has 2 aromatic rings. The van der Waals surface area contributed by atoms with Crippen molar-refractivity contribution in [1.82, 2.24) is 14.5 Å². The summed E-state index contributed by atoms with van der Waals surface area (Å²) in [6, 6.07) is 8.47. The van der Waals surface area contributed by atoms with Crippen molar-refractivity contribution in [2.24, 2.45) is 0 Å². The van der Waals surface area contributed by atoms with Crippen molar-refractivity contribution < 1.29 is 14.3 Å². The topological polar surface area (TPSA) is 73.7 Å². The molecule has 7 heteroatoms. The summed E-state index contributed by atoms with van der Waals surface area (Å²) in [6.45, 7) is 5.25. The number of hydrogen-bond acceptors (Lipinski definition) is 6. The summed E-state index contributed by atoms with van der Waals surface area (Å²) in [5, 5.41) is 0. The van der Waals surface area contributed by atoms with Gasteiger partial charge in [-0.1, -0.05) is 51.2 Å². The molecule has 3 heterocycles. The number of para-hydroxylation sites is 2. The zero-order valence-electron chi connectivity index (χ0n) is 19.8. The molecule has 1 unspecified atom stereocenters. The monoisotopic (exact) mass is 453 g/mol. The molecule has 0 spiro atoms. The molecule has 2 saturated heterocycles. The molecule has 33 heavy (non-hydrogen) atoms. The minimum atomic E-state index is -0.655. The summed E-state index contributed by atoms with van der Waals surface area (Å²) >= 11 is 0. The van der Waals surface area contributed by atoms with Crippen LogP contribution in [0.1, 0.15) is 75.7 Å². The number of likely N-dealkylation sites (tertiary alicyclic amines) is 1. The molecule has 1 saturated carbocycles. The molecule has 0 N–H and O–H groups in total. The Bertz CT molecular complexity index is 1070. The quantitative estimate of drug-likeness (QED) is 0.640. The van der Waals surface area contributed by atoms with Gasteiger partial charge in [-0.15, -0.1) is 0 Å². The first kappa shape index (κ1) is 22.5. The fourth-order valence-electron chi connectivity index (χ4n) is 6.68. The van der Waals surface area contributed by atoms with Crippen LogP contribution in [0, 0.1) is 0 Å². The first-order valence-electron chi connectivity index (χ1n) is 12.7. The Morgan fingerprint density at radius 3 is 2.61 bits per heavy atom. The van der Waals surface area contributed by atoms with Crippen molar-refractivity contribution in [1.29, 1.82) is 0 Å². The lowest BCUT2D eigenvalue weighted by atomic mass is 9.70. The molecule has 1 aliphatic carbocycles. The molecule has 3 fully saturated rings. The minimum absolute atomic E-state index is 0.130. The first-order valence-corrected chi connectivity index (χ1v) is 12.7. The maximum absolute atomic E-state index is 13.8. The van der Waals surface area contributed by atoms with Crippen molar-refractivity contribution in [3.05, 3.63) is 40.3 Å². The summed E-state index contributed by atoms with van der Waals surface area (Å²) in [6.07, 6.45) is 9.85. The predicted octanol–water partition coefficient (Wildman–Crippen LogP) is 3.87. The molecular formula is C26H35N3O4. The highest BCUT2D eigenvalue weighted by molar-refractivity contribution is 5.89. The minimum Gasteiger partial charge on any atom is -0.461 e. The SMILES string of the molecule is CCOC(=O)c1nc2ccccc2n(C23COC[C@H]2N(C2CCCCCCC2)[C@@H]3CC)c1=O. The summed E-state index contributed by atoms with van der Waals surface area (Å²) in [4.78, 5) is 33.6. The summed E-state index contributed by atoms with van der Waals surface area (Å²) < 4.78 is 13.2. The van der Waals surface area contributed by atoms with Gasteiger partial charge in [0.2, 0.25) is 5.69 Å². The van der Waals surface area contributed by atoms with E-state index in [1.54, 1.807) is 6.92 Å². The summed E-state index contributed by atoms with van der Waals surface area (Å²) in [5.41, 5.74) is 0.423. The lowest BCUT2D eigenvalue weighted by Crippen LogP contribution is -2.79. The van der Waals surface area contributed by atoms with E-state index in [0.29, 0.717) is 24.8 Å². The second kappa shape index (κ2) is 9.18. The molecule has 2 aliphatic heterocycles. The van der Waals surface area contributed by atoms with Gasteiger partial charge in [-0.2, -0.15) is 0 Å². The maximum atomic E-state index is 13.8. The van der Waals surface area contributed by atoms with Gasteiger partial charge in [-0.3, -0.25) is 14.3 Å². The zero-order chi connectivity index (χ0) is 23.0. The van der Waals surface area contributed by atoms with Gasteiger partial charge in [-0.25, -0.2) is 9.78 Å². The van der Waals surface area contributed by atoms with Crippen LogP contribution >= 0.6 is 0 Å². The smallest absolute Gasteiger partial charge is 0.362 e. The standard InChI is InChI=1S/C26H35N3O4/c1-3-21-26(17-32-16-22(26)28(21)18-12-8-6-5-7-9-13-18)29-20-15-11-10-14-19(20)27-23(24(29)30)25(31)33-4-2/h10-11,14-15,18,21-22H,3-9,12-13,16-17H2,1-2H3/t21-,22-,26?/m1/s1. The van der Waals surface area contributed by atoms with E-state index >= 15 is 0 Å². The highest BCUT2D eigenvalue weighted by Gasteiger charge is 2.66. The lowest BCUT2D eigenvalue weighted by molar-refractivity contribution is -0.128. The second-order valence-corrected chi connectivity index (χ2v) is 9.70. The van der Waals surface area contributed by atoms with Gasteiger partial charge in [0.15, 0.2) is 0 Å². The summed E-state index contributed by atoms with van der Waals surface area (Å²) in [5.74, 6) is -0.655. The predicted molar refractivity (Wildman–Crippen MR) is 127 cm³/mol. The number of rotatable bonds is 5. The Morgan fingerprint density at radius 1 is 1.15 bits per heavy atom. The zero-order valence-corrected chi connectivity index (χ0v) is 19.8. The third-order valence-electron chi connectivity index (χ3n) is 8.01. The van der Waals surface area contributed by atoms with Gasteiger partial charge in [0.05, 0.1) is 36.9 Å². The second-order valence-electron chi connectivity index (χ2n) is 9.70. The third-order valence-corrected chi connectivity index (χ3v) is 8.01. The number of benzene rings is 1. The van der Waals surface area contributed by atoms with Crippen LogP contribution in [0.15, 0.2) is 29.1 Å². The maximum Gasteiger partial charge on any atom is 0.362 e. The largest absolute Gasteiger partial charge is 0.461 e.